The lowest BCUT2D eigenvalue weighted by Gasteiger charge is -2.16. The van der Waals surface area contributed by atoms with Crippen LogP contribution < -0.4 is 20.9 Å². The highest BCUT2D eigenvalue weighted by Gasteiger charge is 2.13. The Bertz CT molecular complexity index is 779. The molecule has 7 heteroatoms. The molecule has 2 aromatic rings. The molecule has 0 aliphatic carbocycles. The van der Waals surface area contributed by atoms with Crippen molar-refractivity contribution < 1.29 is 14.3 Å². The Kier molecular flexibility index (Phi) is 7.03. The molecule has 0 radical (unpaired) electrons. The molecule has 3 amide bonds. The first-order valence-electron chi connectivity index (χ1n) is 8.20. The van der Waals surface area contributed by atoms with Crippen molar-refractivity contribution in [3.63, 3.8) is 0 Å². The maximum Gasteiger partial charge on any atom is 0.337 e. The number of ether oxygens (including phenoxy) is 1. The standard InChI is InChI=1S/C19H22BrN3O3/c1-12(2)15-10-16(20)13(3)9-17(15)26-11-18(24)22-23-19(25)21-14-7-5-4-6-8-14/h4-10,12H,11H2,1-3H3,(H,22,24)(H2,21,23,25). The largest absolute Gasteiger partial charge is 0.483 e. The Labute approximate surface area is 161 Å². The second kappa shape index (κ2) is 9.24. The highest BCUT2D eigenvalue weighted by Crippen LogP contribution is 2.32. The van der Waals surface area contributed by atoms with Gasteiger partial charge >= 0.3 is 6.03 Å². The van der Waals surface area contributed by atoms with Gasteiger partial charge in [0.25, 0.3) is 5.91 Å². The molecule has 0 heterocycles. The predicted octanol–water partition coefficient (Wildman–Crippen LogP) is 4.11. The average molecular weight is 420 g/mol. The topological polar surface area (TPSA) is 79.5 Å². The molecule has 138 valence electrons. The number of hydrogen-bond acceptors (Lipinski definition) is 3. The number of carbonyl (C=O) groups excluding carboxylic acids is 2. The van der Waals surface area contributed by atoms with E-state index in [1.807, 2.05) is 25.1 Å². The fourth-order valence-corrected chi connectivity index (χ4v) is 2.60. The minimum atomic E-state index is -0.535. The third kappa shape index (κ3) is 5.77. The maximum absolute atomic E-state index is 11.9. The number of carbonyl (C=O) groups is 2. The summed E-state index contributed by atoms with van der Waals surface area (Å²) in [5, 5.41) is 2.60. The van der Waals surface area contributed by atoms with Crippen molar-refractivity contribution >= 4 is 33.6 Å². The number of hydrogen-bond donors (Lipinski definition) is 3. The fraction of sp³-hybridized carbons (Fsp3) is 0.263. The van der Waals surface area contributed by atoms with E-state index in [4.69, 9.17) is 4.74 Å². The van der Waals surface area contributed by atoms with Crippen molar-refractivity contribution in [2.24, 2.45) is 0 Å². The number of hydrazine groups is 1. The van der Waals surface area contributed by atoms with Crippen LogP contribution in [0.15, 0.2) is 46.9 Å². The molecule has 26 heavy (non-hydrogen) atoms. The number of benzene rings is 2. The minimum Gasteiger partial charge on any atom is -0.483 e. The molecule has 3 N–H and O–H groups in total. The fourth-order valence-electron chi connectivity index (χ4n) is 2.24. The van der Waals surface area contributed by atoms with Gasteiger partial charge in [-0.2, -0.15) is 0 Å². The molecule has 0 aliphatic rings. The second-order valence-corrected chi connectivity index (χ2v) is 6.93. The zero-order valence-corrected chi connectivity index (χ0v) is 16.5. The molecule has 0 saturated carbocycles. The highest BCUT2D eigenvalue weighted by atomic mass is 79.9. The maximum atomic E-state index is 11.9. The lowest BCUT2D eigenvalue weighted by molar-refractivity contribution is -0.123. The van der Waals surface area contributed by atoms with Crippen LogP contribution in [0, 0.1) is 6.92 Å². The summed E-state index contributed by atoms with van der Waals surface area (Å²) in [4.78, 5) is 23.7. The molecule has 0 spiro atoms. The van der Waals surface area contributed by atoms with E-state index in [0.717, 1.165) is 15.6 Å². The molecule has 6 nitrogen and oxygen atoms in total. The zero-order chi connectivity index (χ0) is 19.1. The van der Waals surface area contributed by atoms with Crippen molar-refractivity contribution in [2.45, 2.75) is 26.7 Å². The van der Waals surface area contributed by atoms with E-state index in [1.54, 1.807) is 24.3 Å². The summed E-state index contributed by atoms with van der Waals surface area (Å²) in [6.45, 7) is 5.86. The summed E-state index contributed by atoms with van der Waals surface area (Å²) in [6, 6.07) is 12.3. The lowest BCUT2D eigenvalue weighted by Crippen LogP contribution is -2.45. The van der Waals surface area contributed by atoms with E-state index >= 15 is 0 Å². The Balaban J connectivity index is 1.85. The molecule has 0 bridgehead atoms. The van der Waals surface area contributed by atoms with Crippen molar-refractivity contribution in [1.82, 2.24) is 10.9 Å². The summed E-state index contributed by atoms with van der Waals surface area (Å²) < 4.78 is 6.64. The molecule has 2 aromatic carbocycles. The Morgan fingerprint density at radius 1 is 1.12 bits per heavy atom. The van der Waals surface area contributed by atoms with E-state index in [9.17, 15) is 9.59 Å². The van der Waals surface area contributed by atoms with Crippen molar-refractivity contribution in [2.75, 3.05) is 11.9 Å². The van der Waals surface area contributed by atoms with Crippen LogP contribution in [-0.2, 0) is 4.79 Å². The van der Waals surface area contributed by atoms with E-state index in [0.29, 0.717) is 11.4 Å². The van der Waals surface area contributed by atoms with Crippen LogP contribution in [0.25, 0.3) is 0 Å². The van der Waals surface area contributed by atoms with Crippen LogP contribution in [0.1, 0.15) is 30.9 Å². The summed E-state index contributed by atoms with van der Waals surface area (Å²) in [5.41, 5.74) is 7.25. The van der Waals surface area contributed by atoms with E-state index < -0.39 is 11.9 Å². The van der Waals surface area contributed by atoms with Gasteiger partial charge in [-0.25, -0.2) is 10.2 Å². The van der Waals surface area contributed by atoms with Crippen LogP contribution in [0.5, 0.6) is 5.75 Å². The van der Waals surface area contributed by atoms with E-state index in [2.05, 4.69) is 45.9 Å². The SMILES string of the molecule is Cc1cc(OCC(=O)NNC(=O)Nc2ccccc2)c(C(C)C)cc1Br. The van der Waals surface area contributed by atoms with Gasteiger partial charge in [0.05, 0.1) is 0 Å². The van der Waals surface area contributed by atoms with Gasteiger partial charge in [0.15, 0.2) is 6.61 Å². The predicted molar refractivity (Wildman–Crippen MR) is 105 cm³/mol. The number of amides is 3. The van der Waals surface area contributed by atoms with Gasteiger partial charge in [-0.3, -0.25) is 10.2 Å². The van der Waals surface area contributed by atoms with Crippen LogP contribution in [-0.4, -0.2) is 18.5 Å². The number of para-hydroxylation sites is 1. The number of aryl methyl sites for hydroxylation is 1. The van der Waals surface area contributed by atoms with Crippen LogP contribution in [0.4, 0.5) is 10.5 Å². The molecular formula is C19H22BrN3O3. The lowest BCUT2D eigenvalue weighted by atomic mass is 10.0. The van der Waals surface area contributed by atoms with Gasteiger partial charge in [0, 0.05) is 10.2 Å². The molecule has 0 unspecified atom stereocenters. The first-order chi connectivity index (χ1) is 12.4. The number of urea groups is 1. The van der Waals surface area contributed by atoms with Gasteiger partial charge < -0.3 is 10.1 Å². The summed E-state index contributed by atoms with van der Waals surface area (Å²) in [6.07, 6.45) is 0. The first-order valence-corrected chi connectivity index (χ1v) is 9.00. The number of anilines is 1. The molecule has 0 fully saturated rings. The quantitative estimate of drug-likeness (QED) is 0.637. The molecular weight excluding hydrogens is 398 g/mol. The second-order valence-electron chi connectivity index (χ2n) is 6.08. The van der Waals surface area contributed by atoms with Gasteiger partial charge in [0.1, 0.15) is 5.75 Å². The summed E-state index contributed by atoms with van der Waals surface area (Å²) in [7, 11) is 0. The molecule has 2 rings (SSSR count). The van der Waals surface area contributed by atoms with Crippen molar-refractivity contribution in [3.05, 3.63) is 58.1 Å². The van der Waals surface area contributed by atoms with Gasteiger partial charge in [-0.05, 0) is 48.2 Å². The third-order valence-corrected chi connectivity index (χ3v) is 4.47. The first kappa shape index (κ1) is 19.8. The normalized spacial score (nSPS) is 10.3. The smallest absolute Gasteiger partial charge is 0.337 e. The van der Waals surface area contributed by atoms with Crippen LogP contribution >= 0.6 is 15.9 Å². The van der Waals surface area contributed by atoms with Crippen molar-refractivity contribution in [3.8, 4) is 5.75 Å². The number of halogens is 1. The van der Waals surface area contributed by atoms with Gasteiger partial charge in [-0.1, -0.05) is 48.0 Å². The summed E-state index contributed by atoms with van der Waals surface area (Å²) >= 11 is 3.51. The minimum absolute atomic E-state index is 0.202. The molecule has 0 aromatic heterocycles. The van der Waals surface area contributed by atoms with E-state index in [-0.39, 0.29) is 12.5 Å². The van der Waals surface area contributed by atoms with Gasteiger partial charge in [0.2, 0.25) is 0 Å². The molecule has 0 aliphatic heterocycles. The monoisotopic (exact) mass is 419 g/mol. The Morgan fingerprint density at radius 2 is 1.81 bits per heavy atom. The Hall–Kier alpha value is -2.54. The summed E-state index contributed by atoms with van der Waals surface area (Å²) in [5.74, 6) is 0.452. The number of nitrogens with one attached hydrogen (secondary N) is 3. The average Bonchev–Trinajstić information content (AvgIpc) is 2.61. The molecule has 0 saturated heterocycles. The van der Waals surface area contributed by atoms with E-state index in [1.165, 1.54) is 0 Å². The van der Waals surface area contributed by atoms with Crippen molar-refractivity contribution in [1.29, 1.82) is 0 Å². The highest BCUT2D eigenvalue weighted by molar-refractivity contribution is 9.10. The zero-order valence-electron chi connectivity index (χ0n) is 14.9. The number of rotatable bonds is 5. The van der Waals surface area contributed by atoms with Gasteiger partial charge in [-0.15, -0.1) is 0 Å². The Morgan fingerprint density at radius 3 is 2.46 bits per heavy atom. The third-order valence-electron chi connectivity index (χ3n) is 3.62. The van der Waals surface area contributed by atoms with Crippen LogP contribution in [0.3, 0.4) is 0 Å². The molecule has 0 atom stereocenters. The van der Waals surface area contributed by atoms with Crippen LogP contribution in [0.2, 0.25) is 0 Å².